The lowest BCUT2D eigenvalue weighted by atomic mass is 10.1. The molecule has 0 radical (unpaired) electrons. The highest BCUT2D eigenvalue weighted by Gasteiger charge is 2.24. The Morgan fingerprint density at radius 3 is 2.26 bits per heavy atom. The molecule has 1 aliphatic rings. The summed E-state index contributed by atoms with van der Waals surface area (Å²) in [5, 5.41) is 8.79. The van der Waals surface area contributed by atoms with E-state index in [1.807, 2.05) is 0 Å². The zero-order valence-corrected chi connectivity index (χ0v) is 11.1. The van der Waals surface area contributed by atoms with E-state index in [0.29, 0.717) is 0 Å². The second-order valence-electron chi connectivity index (χ2n) is 5.03. The van der Waals surface area contributed by atoms with Crippen molar-refractivity contribution in [3.8, 4) is 0 Å². The van der Waals surface area contributed by atoms with Crippen LogP contribution in [0, 0.1) is 0 Å². The third kappa shape index (κ3) is 3.16. The van der Waals surface area contributed by atoms with E-state index in [0.717, 1.165) is 25.7 Å². The number of carbonyl (C=O) groups is 2. The van der Waals surface area contributed by atoms with Crippen LogP contribution in [-0.4, -0.2) is 35.0 Å². The van der Waals surface area contributed by atoms with E-state index >= 15 is 0 Å². The first-order valence-corrected chi connectivity index (χ1v) is 6.70. The van der Waals surface area contributed by atoms with Gasteiger partial charge in [0, 0.05) is 13.1 Å². The number of furan rings is 1. The van der Waals surface area contributed by atoms with Crippen LogP contribution in [0.5, 0.6) is 0 Å². The summed E-state index contributed by atoms with van der Waals surface area (Å²) in [6.45, 7) is 0. The van der Waals surface area contributed by atoms with E-state index in [4.69, 9.17) is 9.52 Å². The summed E-state index contributed by atoms with van der Waals surface area (Å²) in [6.07, 6.45) is 6.75. The van der Waals surface area contributed by atoms with Crippen LogP contribution >= 0.6 is 0 Å². The quantitative estimate of drug-likeness (QED) is 0.853. The molecule has 0 unspecified atom stereocenters. The summed E-state index contributed by atoms with van der Waals surface area (Å²) in [6, 6.07) is 2.98. The first-order valence-electron chi connectivity index (χ1n) is 6.70. The first-order chi connectivity index (χ1) is 9.09. The molecule has 5 heteroatoms. The molecule has 19 heavy (non-hydrogen) atoms. The molecule has 0 aliphatic heterocycles. The lowest BCUT2D eigenvalue weighted by Crippen LogP contribution is -2.36. The van der Waals surface area contributed by atoms with Crippen molar-refractivity contribution in [1.29, 1.82) is 0 Å². The number of hydrogen-bond donors (Lipinski definition) is 1. The zero-order valence-electron chi connectivity index (χ0n) is 11.1. The maximum Gasteiger partial charge on any atom is 0.371 e. The topological polar surface area (TPSA) is 70.8 Å². The van der Waals surface area contributed by atoms with Crippen LogP contribution in [0.25, 0.3) is 0 Å². The number of aromatic carboxylic acids is 1. The van der Waals surface area contributed by atoms with Gasteiger partial charge in [-0.3, -0.25) is 4.79 Å². The van der Waals surface area contributed by atoms with Crippen molar-refractivity contribution < 1.29 is 19.1 Å². The highest BCUT2D eigenvalue weighted by atomic mass is 16.4. The van der Waals surface area contributed by atoms with Crippen molar-refractivity contribution in [2.75, 3.05) is 7.05 Å². The lowest BCUT2D eigenvalue weighted by molar-refractivity contribution is 0.0641. The molecule has 1 aromatic rings. The fraction of sp³-hybridized carbons (Fsp3) is 0.571. The van der Waals surface area contributed by atoms with Crippen molar-refractivity contribution >= 4 is 11.9 Å². The number of carboxylic acids is 1. The second-order valence-corrected chi connectivity index (χ2v) is 5.03. The molecule has 1 heterocycles. The van der Waals surface area contributed by atoms with Crippen molar-refractivity contribution in [2.24, 2.45) is 0 Å². The van der Waals surface area contributed by atoms with Gasteiger partial charge in [0.15, 0.2) is 5.76 Å². The van der Waals surface area contributed by atoms with Gasteiger partial charge in [-0.25, -0.2) is 4.79 Å². The van der Waals surface area contributed by atoms with E-state index in [-0.39, 0.29) is 23.5 Å². The Bertz CT molecular complexity index is 458. The molecule has 0 bridgehead atoms. The third-order valence-corrected chi connectivity index (χ3v) is 3.72. The number of nitrogens with zero attached hydrogens (tertiary/aromatic N) is 1. The van der Waals surface area contributed by atoms with E-state index in [9.17, 15) is 9.59 Å². The third-order valence-electron chi connectivity index (χ3n) is 3.72. The molecule has 1 amide bonds. The molecule has 2 rings (SSSR count). The minimum atomic E-state index is -1.16. The van der Waals surface area contributed by atoms with Gasteiger partial charge in [0.05, 0.1) is 0 Å². The molecule has 1 aliphatic carbocycles. The van der Waals surface area contributed by atoms with Crippen LogP contribution in [0.4, 0.5) is 0 Å². The molecular weight excluding hydrogens is 246 g/mol. The molecule has 1 N–H and O–H groups in total. The van der Waals surface area contributed by atoms with E-state index < -0.39 is 5.97 Å². The van der Waals surface area contributed by atoms with E-state index in [1.165, 1.54) is 25.0 Å². The van der Waals surface area contributed by atoms with Gasteiger partial charge >= 0.3 is 5.97 Å². The number of amides is 1. The van der Waals surface area contributed by atoms with Gasteiger partial charge in [-0.05, 0) is 25.0 Å². The van der Waals surface area contributed by atoms with Gasteiger partial charge in [-0.15, -0.1) is 0 Å². The Morgan fingerprint density at radius 1 is 1.16 bits per heavy atom. The molecule has 1 fully saturated rings. The fourth-order valence-electron chi connectivity index (χ4n) is 2.55. The Labute approximate surface area is 112 Å². The smallest absolute Gasteiger partial charge is 0.371 e. The predicted molar refractivity (Wildman–Crippen MR) is 69.3 cm³/mol. The minimum absolute atomic E-state index is 0.101. The average molecular weight is 265 g/mol. The molecule has 0 aromatic carbocycles. The summed E-state index contributed by atoms with van der Waals surface area (Å²) in [4.78, 5) is 24.7. The molecule has 104 valence electrons. The van der Waals surface area contributed by atoms with Crippen molar-refractivity contribution in [2.45, 2.75) is 44.6 Å². The van der Waals surface area contributed by atoms with Crippen LogP contribution in [-0.2, 0) is 0 Å². The predicted octanol–water partition coefficient (Wildman–Crippen LogP) is 2.77. The van der Waals surface area contributed by atoms with Crippen LogP contribution in [0.1, 0.15) is 59.6 Å². The summed E-state index contributed by atoms with van der Waals surface area (Å²) in [5.74, 6) is -1.49. The summed E-state index contributed by atoms with van der Waals surface area (Å²) >= 11 is 0. The van der Waals surface area contributed by atoms with Gasteiger partial charge in [0.2, 0.25) is 5.76 Å². The number of carboxylic acid groups (broad SMARTS) is 1. The van der Waals surface area contributed by atoms with Gasteiger partial charge in [0.1, 0.15) is 0 Å². The zero-order chi connectivity index (χ0) is 13.8. The molecule has 1 saturated carbocycles. The normalized spacial score (nSPS) is 16.9. The molecule has 0 atom stereocenters. The molecule has 0 spiro atoms. The van der Waals surface area contributed by atoms with Gasteiger partial charge in [-0.1, -0.05) is 25.7 Å². The molecular formula is C14H19NO4. The average Bonchev–Trinajstić information content (AvgIpc) is 2.73. The van der Waals surface area contributed by atoms with Crippen LogP contribution in [0.3, 0.4) is 0 Å². The van der Waals surface area contributed by atoms with Gasteiger partial charge < -0.3 is 14.4 Å². The summed E-state index contributed by atoms with van der Waals surface area (Å²) < 4.78 is 5.06. The minimum Gasteiger partial charge on any atom is -0.475 e. The van der Waals surface area contributed by atoms with Crippen molar-refractivity contribution in [1.82, 2.24) is 4.90 Å². The Hall–Kier alpha value is -1.78. The van der Waals surface area contributed by atoms with Gasteiger partial charge in [-0.2, -0.15) is 0 Å². The standard InChI is InChI=1S/C14H19NO4/c1-15(10-6-4-2-3-5-7-10)13(16)11-8-9-12(19-11)14(17)18/h8-10H,2-7H2,1H3,(H,17,18). The Balaban J connectivity index is 2.06. The maximum atomic E-state index is 12.2. The SMILES string of the molecule is CN(C(=O)c1ccc(C(=O)O)o1)C1CCCCCC1. The molecule has 5 nitrogen and oxygen atoms in total. The lowest BCUT2D eigenvalue weighted by Gasteiger charge is -2.26. The van der Waals surface area contributed by atoms with Crippen molar-refractivity contribution in [3.63, 3.8) is 0 Å². The summed E-state index contributed by atoms with van der Waals surface area (Å²) in [5.41, 5.74) is 0. The summed E-state index contributed by atoms with van der Waals surface area (Å²) in [7, 11) is 1.77. The largest absolute Gasteiger partial charge is 0.475 e. The number of hydrogen-bond acceptors (Lipinski definition) is 3. The number of carbonyl (C=O) groups excluding carboxylic acids is 1. The van der Waals surface area contributed by atoms with E-state index in [1.54, 1.807) is 11.9 Å². The highest BCUT2D eigenvalue weighted by molar-refractivity contribution is 5.93. The van der Waals surface area contributed by atoms with Crippen LogP contribution in [0.2, 0.25) is 0 Å². The number of rotatable bonds is 3. The maximum absolute atomic E-state index is 12.2. The second kappa shape index (κ2) is 5.91. The highest BCUT2D eigenvalue weighted by Crippen LogP contribution is 2.22. The Morgan fingerprint density at radius 2 is 1.74 bits per heavy atom. The van der Waals surface area contributed by atoms with Crippen LogP contribution < -0.4 is 0 Å². The van der Waals surface area contributed by atoms with Crippen molar-refractivity contribution in [3.05, 3.63) is 23.7 Å². The van der Waals surface area contributed by atoms with Crippen LogP contribution in [0.15, 0.2) is 16.5 Å². The Kier molecular flexibility index (Phi) is 4.24. The van der Waals surface area contributed by atoms with Gasteiger partial charge in [0.25, 0.3) is 5.91 Å². The first kappa shape index (κ1) is 13.6. The monoisotopic (exact) mass is 265 g/mol. The van der Waals surface area contributed by atoms with E-state index in [2.05, 4.69) is 0 Å². The fourth-order valence-corrected chi connectivity index (χ4v) is 2.55. The molecule has 0 saturated heterocycles. The molecule has 1 aromatic heterocycles.